The lowest BCUT2D eigenvalue weighted by Crippen LogP contribution is -2.44. The molecule has 4 heterocycles. The van der Waals surface area contributed by atoms with Gasteiger partial charge in [-0.1, -0.05) is 23.7 Å². The molecular weight excluding hydrogens is 454 g/mol. The summed E-state index contributed by atoms with van der Waals surface area (Å²) < 4.78 is 5.41. The molecule has 1 aromatic heterocycles. The van der Waals surface area contributed by atoms with Crippen molar-refractivity contribution in [3.63, 3.8) is 0 Å². The first-order valence-corrected chi connectivity index (χ1v) is 12.5. The van der Waals surface area contributed by atoms with Gasteiger partial charge in [0.1, 0.15) is 6.54 Å². The first kappa shape index (κ1) is 21.8. The molecule has 4 aliphatic rings. The van der Waals surface area contributed by atoms with Crippen LogP contribution in [0.3, 0.4) is 0 Å². The Labute approximate surface area is 203 Å². The van der Waals surface area contributed by atoms with Crippen molar-refractivity contribution in [1.29, 1.82) is 0 Å². The van der Waals surface area contributed by atoms with E-state index in [4.69, 9.17) is 16.3 Å². The zero-order valence-corrected chi connectivity index (χ0v) is 19.8. The highest BCUT2D eigenvalue weighted by molar-refractivity contribution is 6.33. The Balaban J connectivity index is 1.18. The molecule has 2 saturated heterocycles. The van der Waals surface area contributed by atoms with E-state index in [1.807, 2.05) is 23.1 Å². The molecule has 34 heavy (non-hydrogen) atoms. The van der Waals surface area contributed by atoms with Crippen molar-refractivity contribution in [3.05, 3.63) is 40.5 Å². The Morgan fingerprint density at radius 3 is 2.82 bits per heavy atom. The quantitative estimate of drug-likeness (QED) is 0.704. The molecule has 0 spiro atoms. The van der Waals surface area contributed by atoms with Crippen LogP contribution in [0.5, 0.6) is 0 Å². The lowest BCUT2D eigenvalue weighted by molar-refractivity contribution is -0.133. The third-order valence-corrected chi connectivity index (χ3v) is 7.89. The second-order valence-corrected chi connectivity index (χ2v) is 10.2. The predicted octanol–water partition coefficient (Wildman–Crippen LogP) is 3.35. The minimum atomic E-state index is -0.111. The predicted molar refractivity (Wildman–Crippen MR) is 128 cm³/mol. The number of aromatic nitrogens is 2. The Kier molecular flexibility index (Phi) is 5.65. The van der Waals surface area contributed by atoms with E-state index in [-0.39, 0.29) is 24.4 Å². The Morgan fingerprint density at radius 1 is 1.21 bits per heavy atom. The lowest BCUT2D eigenvalue weighted by Gasteiger charge is -2.28. The van der Waals surface area contributed by atoms with Crippen molar-refractivity contribution >= 4 is 29.4 Å². The van der Waals surface area contributed by atoms with Gasteiger partial charge in [-0.3, -0.25) is 9.59 Å². The zero-order valence-electron chi connectivity index (χ0n) is 19.0. The number of halogens is 1. The van der Waals surface area contributed by atoms with E-state index in [0.717, 1.165) is 56.6 Å². The number of ether oxygens (including phenoxy) is 1. The number of amides is 2. The Bertz CT molecular complexity index is 1140. The molecule has 178 valence electrons. The van der Waals surface area contributed by atoms with Crippen molar-refractivity contribution in [2.75, 3.05) is 31.6 Å². The number of nitrogens with one attached hydrogen (secondary N) is 1. The molecule has 3 fully saturated rings. The topological polar surface area (TPSA) is 87.7 Å². The fourth-order valence-electron chi connectivity index (χ4n) is 5.78. The van der Waals surface area contributed by atoms with E-state index in [0.29, 0.717) is 40.7 Å². The van der Waals surface area contributed by atoms with Crippen molar-refractivity contribution in [1.82, 2.24) is 19.8 Å². The number of piperidine rings is 1. The number of nitrogens with zero attached hydrogens (tertiary/aromatic N) is 4. The van der Waals surface area contributed by atoms with Crippen LogP contribution in [0.25, 0.3) is 11.3 Å². The molecule has 6 rings (SSSR count). The van der Waals surface area contributed by atoms with Gasteiger partial charge in [0.25, 0.3) is 5.91 Å². The maximum Gasteiger partial charge on any atom is 0.254 e. The van der Waals surface area contributed by atoms with Gasteiger partial charge in [-0.15, -0.1) is 0 Å². The number of anilines is 1. The highest BCUT2D eigenvalue weighted by Crippen LogP contribution is 2.38. The second kappa shape index (κ2) is 8.82. The van der Waals surface area contributed by atoms with Gasteiger partial charge in [-0.25, -0.2) is 9.97 Å². The van der Waals surface area contributed by atoms with E-state index >= 15 is 0 Å². The summed E-state index contributed by atoms with van der Waals surface area (Å²) in [7, 11) is 0. The molecule has 0 radical (unpaired) electrons. The summed E-state index contributed by atoms with van der Waals surface area (Å²) in [5.41, 5.74) is 2.89. The van der Waals surface area contributed by atoms with Gasteiger partial charge < -0.3 is 19.9 Å². The van der Waals surface area contributed by atoms with Crippen LogP contribution < -0.4 is 5.32 Å². The van der Waals surface area contributed by atoms with E-state index in [1.165, 1.54) is 6.42 Å². The number of hydrogen-bond donors (Lipinski definition) is 1. The summed E-state index contributed by atoms with van der Waals surface area (Å²) in [4.78, 5) is 38.7. The van der Waals surface area contributed by atoms with Crippen LogP contribution in [0, 0.1) is 5.92 Å². The van der Waals surface area contributed by atoms with E-state index < -0.39 is 0 Å². The van der Waals surface area contributed by atoms with Gasteiger partial charge in [0, 0.05) is 49.5 Å². The Morgan fingerprint density at radius 2 is 2.06 bits per heavy atom. The maximum absolute atomic E-state index is 13.2. The van der Waals surface area contributed by atoms with E-state index in [2.05, 4.69) is 15.3 Å². The van der Waals surface area contributed by atoms with Gasteiger partial charge in [0.15, 0.2) is 0 Å². The largest absolute Gasteiger partial charge is 0.381 e. The summed E-state index contributed by atoms with van der Waals surface area (Å²) in [5.74, 6) is 1.12. The number of carbonyl (C=O) groups is 2. The van der Waals surface area contributed by atoms with Gasteiger partial charge >= 0.3 is 0 Å². The van der Waals surface area contributed by atoms with Crippen molar-refractivity contribution in [2.45, 2.75) is 50.7 Å². The van der Waals surface area contributed by atoms with Crippen LogP contribution in [0.2, 0.25) is 5.02 Å². The number of benzene rings is 1. The van der Waals surface area contributed by atoms with Crippen molar-refractivity contribution in [3.8, 4) is 11.3 Å². The average Bonchev–Trinajstić information content (AvgIpc) is 3.56. The molecule has 8 nitrogen and oxygen atoms in total. The molecule has 1 aliphatic carbocycles. The number of rotatable bonds is 5. The fourth-order valence-corrected chi connectivity index (χ4v) is 5.98. The van der Waals surface area contributed by atoms with Crippen LogP contribution in [0.1, 0.15) is 48.0 Å². The molecule has 2 amide bonds. The highest BCUT2D eigenvalue weighted by atomic mass is 35.5. The number of carbonyl (C=O) groups excluding carboxylic acids is 2. The molecule has 2 unspecified atom stereocenters. The molecule has 2 atom stereocenters. The Hall–Kier alpha value is -2.71. The number of fused-ring (bicyclic) bond motifs is 3. The molecule has 9 heteroatoms. The SMILES string of the molecule is O=C1c2cc(-c3nc(NC4CCOCC4)ncc3Cl)ccc2CN1CC(=O)N1CC2CCC1C2. The van der Waals surface area contributed by atoms with E-state index in [9.17, 15) is 9.59 Å². The summed E-state index contributed by atoms with van der Waals surface area (Å²) >= 11 is 6.44. The molecule has 1 N–H and O–H groups in total. The number of likely N-dealkylation sites (tertiary alicyclic amines) is 1. The third-order valence-electron chi connectivity index (χ3n) is 7.62. The van der Waals surface area contributed by atoms with Crippen LogP contribution in [0.15, 0.2) is 24.4 Å². The second-order valence-electron chi connectivity index (χ2n) is 9.83. The first-order chi connectivity index (χ1) is 16.5. The third kappa shape index (κ3) is 4.03. The highest BCUT2D eigenvalue weighted by Gasteiger charge is 2.41. The first-order valence-electron chi connectivity index (χ1n) is 12.1. The molecule has 2 aromatic rings. The van der Waals surface area contributed by atoms with Crippen molar-refractivity contribution in [2.24, 2.45) is 5.92 Å². The molecule has 1 aromatic carbocycles. The molecule has 2 bridgehead atoms. The van der Waals surface area contributed by atoms with E-state index in [1.54, 1.807) is 11.1 Å². The number of hydrogen-bond acceptors (Lipinski definition) is 6. The smallest absolute Gasteiger partial charge is 0.254 e. The fraction of sp³-hybridized carbons (Fsp3) is 0.520. The maximum atomic E-state index is 13.2. The van der Waals surface area contributed by atoms with Crippen LogP contribution in [0.4, 0.5) is 5.95 Å². The van der Waals surface area contributed by atoms with Gasteiger partial charge in [-0.05, 0) is 49.7 Å². The summed E-state index contributed by atoms with van der Waals surface area (Å²) in [6.45, 7) is 2.89. The van der Waals surface area contributed by atoms with Crippen LogP contribution >= 0.6 is 11.6 Å². The normalized spacial score (nSPS) is 24.1. The standard InChI is InChI=1S/C25H28ClN5O3/c26-21-11-27-25(28-18-5-7-34-8-6-18)29-23(21)16-2-3-17-13-30(24(33)20(17)10-16)14-22(32)31-12-15-1-4-19(31)9-15/h2-3,10-11,15,18-19H,1,4-9,12-14H2,(H,27,28,29). The summed E-state index contributed by atoms with van der Waals surface area (Å²) in [5, 5.41) is 3.80. The average molecular weight is 482 g/mol. The van der Waals surface area contributed by atoms with Crippen LogP contribution in [-0.2, 0) is 16.1 Å². The molecule has 3 aliphatic heterocycles. The minimum absolute atomic E-state index is 0.0660. The zero-order chi connectivity index (χ0) is 23.2. The molecule has 1 saturated carbocycles. The lowest BCUT2D eigenvalue weighted by atomic mass is 10.0. The molecular formula is C25H28ClN5O3. The summed E-state index contributed by atoms with van der Waals surface area (Å²) in [6, 6.07) is 6.35. The van der Waals surface area contributed by atoms with Gasteiger partial charge in [0.05, 0.1) is 16.9 Å². The van der Waals surface area contributed by atoms with Crippen LogP contribution in [-0.4, -0.2) is 70.0 Å². The van der Waals surface area contributed by atoms with Crippen molar-refractivity contribution < 1.29 is 14.3 Å². The minimum Gasteiger partial charge on any atom is -0.381 e. The van der Waals surface area contributed by atoms with Gasteiger partial charge in [0.2, 0.25) is 11.9 Å². The van der Waals surface area contributed by atoms with Gasteiger partial charge in [-0.2, -0.15) is 0 Å². The summed E-state index contributed by atoms with van der Waals surface area (Å²) in [6.07, 6.45) is 6.84. The monoisotopic (exact) mass is 481 g/mol.